The number of carbonyl (C=O) groups is 2. The van der Waals surface area contributed by atoms with Crippen molar-refractivity contribution in [3.8, 4) is 0 Å². The summed E-state index contributed by atoms with van der Waals surface area (Å²) in [6, 6.07) is -0.550. The Morgan fingerprint density at radius 2 is 2.00 bits per heavy atom. The van der Waals surface area contributed by atoms with Crippen molar-refractivity contribution in [3.05, 3.63) is 0 Å². The highest BCUT2D eigenvalue weighted by molar-refractivity contribution is 7.86. The molecule has 0 aromatic heterocycles. The third-order valence-corrected chi connectivity index (χ3v) is 6.47. The monoisotopic (exact) mass is 316 g/mol. The molecule has 0 radical (unpaired) electrons. The molecule has 118 valence electrons. The minimum atomic E-state index is -3.56. The number of hydrogen-bond acceptors (Lipinski definition) is 4. The number of nitrogens with one attached hydrogen (secondary N) is 2. The van der Waals surface area contributed by atoms with Gasteiger partial charge in [-0.05, 0) is 25.2 Å². The van der Waals surface area contributed by atoms with Crippen molar-refractivity contribution in [1.29, 1.82) is 0 Å². The number of hydrogen-bond donors (Lipinski definition) is 2. The average molecular weight is 316 g/mol. The summed E-state index contributed by atoms with van der Waals surface area (Å²) >= 11 is 0. The van der Waals surface area contributed by atoms with Gasteiger partial charge >= 0.3 is 6.03 Å². The van der Waals surface area contributed by atoms with Crippen LogP contribution in [-0.2, 0) is 15.0 Å². The maximum Gasteiger partial charge on any atom is 0.322 e. The van der Waals surface area contributed by atoms with Crippen molar-refractivity contribution >= 4 is 22.1 Å². The first-order chi connectivity index (χ1) is 9.83. The van der Waals surface area contributed by atoms with Crippen LogP contribution in [0.4, 0.5) is 4.79 Å². The Morgan fingerprint density at radius 1 is 1.24 bits per heavy atom. The molecule has 3 saturated heterocycles. The quantitative estimate of drug-likeness (QED) is 0.655. The van der Waals surface area contributed by atoms with Gasteiger partial charge in [-0.1, -0.05) is 6.92 Å². The van der Waals surface area contributed by atoms with Crippen molar-refractivity contribution in [2.24, 2.45) is 5.92 Å². The maximum atomic E-state index is 12.7. The molecule has 3 amide bonds. The van der Waals surface area contributed by atoms with E-state index >= 15 is 0 Å². The molecular formula is C12H20N4O4S. The van der Waals surface area contributed by atoms with Crippen LogP contribution < -0.4 is 10.6 Å². The van der Waals surface area contributed by atoms with Crippen molar-refractivity contribution in [1.82, 2.24) is 19.2 Å². The molecule has 0 aromatic rings. The zero-order valence-corrected chi connectivity index (χ0v) is 12.8. The zero-order chi connectivity index (χ0) is 15.3. The third kappa shape index (κ3) is 2.43. The summed E-state index contributed by atoms with van der Waals surface area (Å²) in [6.07, 6.45) is 2.21. The first kappa shape index (κ1) is 14.7. The molecular weight excluding hydrogens is 296 g/mol. The Bertz CT molecular complexity index is 578. The molecule has 21 heavy (non-hydrogen) atoms. The van der Waals surface area contributed by atoms with Crippen LogP contribution in [0.2, 0.25) is 0 Å². The number of piperidine rings is 1. The van der Waals surface area contributed by atoms with Crippen LogP contribution in [0.1, 0.15) is 26.2 Å². The summed E-state index contributed by atoms with van der Waals surface area (Å²) in [5.41, 5.74) is -1.09. The normalized spacial score (nSPS) is 35.2. The van der Waals surface area contributed by atoms with E-state index in [1.54, 1.807) is 0 Å². The Labute approximate surface area is 124 Å². The molecule has 3 heterocycles. The molecule has 8 nitrogen and oxygen atoms in total. The minimum absolute atomic E-state index is 0.0117. The summed E-state index contributed by atoms with van der Waals surface area (Å²) in [6.45, 7) is 3.34. The predicted molar refractivity (Wildman–Crippen MR) is 74.5 cm³/mol. The molecule has 3 rings (SSSR count). The van der Waals surface area contributed by atoms with Gasteiger partial charge in [0.25, 0.3) is 16.1 Å². The molecule has 3 fully saturated rings. The zero-order valence-electron chi connectivity index (χ0n) is 12.0. The lowest BCUT2D eigenvalue weighted by Crippen LogP contribution is -2.52. The number of amides is 3. The highest BCUT2D eigenvalue weighted by atomic mass is 32.2. The van der Waals surface area contributed by atoms with E-state index in [0.717, 1.165) is 12.8 Å². The number of imide groups is 1. The fourth-order valence-corrected chi connectivity index (χ4v) is 5.14. The van der Waals surface area contributed by atoms with Gasteiger partial charge in [0.2, 0.25) is 0 Å². The van der Waals surface area contributed by atoms with Crippen LogP contribution >= 0.6 is 0 Å². The van der Waals surface area contributed by atoms with Gasteiger partial charge in [0.05, 0.1) is 0 Å². The number of carbonyl (C=O) groups excluding carboxylic acids is 2. The molecule has 0 aliphatic carbocycles. The molecule has 3 aliphatic rings. The molecule has 2 N–H and O–H groups in total. The number of urea groups is 1. The van der Waals surface area contributed by atoms with Gasteiger partial charge in [0, 0.05) is 26.2 Å². The van der Waals surface area contributed by atoms with E-state index in [4.69, 9.17) is 0 Å². The summed E-state index contributed by atoms with van der Waals surface area (Å²) in [7, 11) is -3.56. The van der Waals surface area contributed by atoms with Crippen molar-refractivity contribution in [2.45, 2.75) is 31.7 Å². The first-order valence-electron chi connectivity index (χ1n) is 7.22. The first-order valence-corrected chi connectivity index (χ1v) is 8.62. The third-order valence-electron chi connectivity index (χ3n) is 4.52. The minimum Gasteiger partial charge on any atom is -0.322 e. The van der Waals surface area contributed by atoms with Gasteiger partial charge in [0.15, 0.2) is 0 Å². The Balaban J connectivity index is 1.76. The topological polar surface area (TPSA) is 98.8 Å². The standard InChI is InChI=1S/C12H20N4O4S/c1-9-3-2-5-15(7-9)21(19,20)16-6-4-12(8-16)10(17)13-11(18)14-12/h9H,2-8H2,1H3,(H2,13,14,17,18). The van der Waals surface area contributed by atoms with Gasteiger partial charge in [0.1, 0.15) is 5.54 Å². The van der Waals surface area contributed by atoms with Gasteiger partial charge in [-0.25, -0.2) is 4.79 Å². The molecule has 9 heteroatoms. The van der Waals surface area contributed by atoms with Crippen LogP contribution in [0, 0.1) is 5.92 Å². The lowest BCUT2D eigenvalue weighted by Gasteiger charge is -2.33. The van der Waals surface area contributed by atoms with E-state index in [2.05, 4.69) is 10.6 Å². The summed E-state index contributed by atoms with van der Waals surface area (Å²) in [5.74, 6) is -0.0863. The van der Waals surface area contributed by atoms with Crippen LogP contribution in [-0.4, -0.2) is 60.7 Å². The maximum absolute atomic E-state index is 12.7. The lowest BCUT2D eigenvalue weighted by atomic mass is 10.00. The van der Waals surface area contributed by atoms with Crippen molar-refractivity contribution < 1.29 is 18.0 Å². The summed E-state index contributed by atoms with van der Waals surface area (Å²) < 4.78 is 28.1. The predicted octanol–water partition coefficient (Wildman–Crippen LogP) is -0.753. The molecule has 0 bridgehead atoms. The molecule has 2 unspecified atom stereocenters. The average Bonchev–Trinajstić information content (AvgIpc) is 2.95. The molecule has 3 aliphatic heterocycles. The van der Waals surface area contributed by atoms with E-state index in [-0.39, 0.29) is 13.1 Å². The Hall–Kier alpha value is -1.19. The lowest BCUT2D eigenvalue weighted by molar-refractivity contribution is -0.123. The molecule has 2 atom stereocenters. The second-order valence-electron chi connectivity index (χ2n) is 6.19. The van der Waals surface area contributed by atoms with E-state index in [0.29, 0.717) is 25.4 Å². The fourth-order valence-electron chi connectivity index (χ4n) is 3.31. The van der Waals surface area contributed by atoms with Crippen LogP contribution in [0.15, 0.2) is 0 Å². The van der Waals surface area contributed by atoms with Crippen LogP contribution in [0.3, 0.4) is 0 Å². The largest absolute Gasteiger partial charge is 0.322 e. The Morgan fingerprint density at radius 3 is 2.62 bits per heavy atom. The van der Waals surface area contributed by atoms with E-state index < -0.39 is 27.7 Å². The molecule has 0 saturated carbocycles. The smallest absolute Gasteiger partial charge is 0.322 e. The highest BCUT2D eigenvalue weighted by Crippen LogP contribution is 2.29. The highest BCUT2D eigenvalue weighted by Gasteiger charge is 2.53. The number of rotatable bonds is 2. The van der Waals surface area contributed by atoms with Crippen LogP contribution in [0.25, 0.3) is 0 Å². The van der Waals surface area contributed by atoms with Crippen LogP contribution in [0.5, 0.6) is 0 Å². The summed E-state index contributed by atoms with van der Waals surface area (Å²) in [4.78, 5) is 23.2. The molecule has 0 aromatic carbocycles. The second kappa shape index (κ2) is 4.92. The van der Waals surface area contributed by atoms with E-state index in [9.17, 15) is 18.0 Å². The number of nitrogens with zero attached hydrogens (tertiary/aromatic N) is 2. The van der Waals surface area contributed by atoms with Crippen molar-refractivity contribution in [3.63, 3.8) is 0 Å². The Kier molecular flexibility index (Phi) is 3.45. The second-order valence-corrected chi connectivity index (χ2v) is 8.12. The fraction of sp³-hybridized carbons (Fsp3) is 0.833. The van der Waals surface area contributed by atoms with Gasteiger partial charge in [-0.15, -0.1) is 0 Å². The van der Waals surface area contributed by atoms with Gasteiger partial charge in [-0.2, -0.15) is 17.0 Å². The summed E-state index contributed by atoms with van der Waals surface area (Å²) in [5, 5.41) is 4.75. The van der Waals surface area contributed by atoms with E-state index in [1.165, 1.54) is 8.61 Å². The van der Waals surface area contributed by atoms with E-state index in [1.807, 2.05) is 6.92 Å². The molecule has 1 spiro atoms. The van der Waals surface area contributed by atoms with Crippen molar-refractivity contribution in [2.75, 3.05) is 26.2 Å². The van der Waals surface area contributed by atoms with Gasteiger partial charge < -0.3 is 5.32 Å². The van der Waals surface area contributed by atoms with Gasteiger partial charge in [-0.3, -0.25) is 10.1 Å². The SMILES string of the molecule is CC1CCCN(S(=O)(=O)N2CCC3(C2)NC(=O)NC3=O)C1.